The van der Waals surface area contributed by atoms with Crippen LogP contribution in [0.5, 0.6) is 0 Å². The highest BCUT2D eigenvalue weighted by atomic mass is 35.5. The highest BCUT2D eigenvalue weighted by Crippen LogP contribution is 2.15. The third-order valence-electron chi connectivity index (χ3n) is 1.92. The molecule has 0 spiro atoms. The van der Waals surface area contributed by atoms with Crippen molar-refractivity contribution >= 4 is 23.4 Å². The number of benzene rings is 1. The van der Waals surface area contributed by atoms with Gasteiger partial charge in [-0.25, -0.2) is 4.39 Å². The number of rotatable bonds is 6. The molecule has 1 N–H and O–H groups in total. The zero-order valence-electron chi connectivity index (χ0n) is 8.80. The lowest BCUT2D eigenvalue weighted by Crippen LogP contribution is -2.16. The largest absolute Gasteiger partial charge is 0.312 e. The first kappa shape index (κ1) is 13.4. The van der Waals surface area contributed by atoms with Crippen molar-refractivity contribution in [3.8, 4) is 12.3 Å². The van der Waals surface area contributed by atoms with Crippen LogP contribution in [0.15, 0.2) is 18.2 Å². The van der Waals surface area contributed by atoms with Gasteiger partial charge in [-0.2, -0.15) is 0 Å². The lowest BCUT2D eigenvalue weighted by Gasteiger charge is -2.04. The van der Waals surface area contributed by atoms with Crippen LogP contribution < -0.4 is 5.32 Å². The minimum Gasteiger partial charge on any atom is -0.312 e. The van der Waals surface area contributed by atoms with Crippen molar-refractivity contribution < 1.29 is 4.39 Å². The minimum atomic E-state index is -0.373. The molecule has 0 saturated carbocycles. The predicted molar refractivity (Wildman–Crippen MR) is 69.3 cm³/mol. The Labute approximate surface area is 105 Å². The van der Waals surface area contributed by atoms with Gasteiger partial charge in [-0.3, -0.25) is 0 Å². The molecule has 86 valence electrons. The lowest BCUT2D eigenvalue weighted by molar-refractivity contribution is 0.622. The number of hydrogen-bond donors (Lipinski definition) is 1. The number of thioether (sulfide) groups is 1. The van der Waals surface area contributed by atoms with Crippen molar-refractivity contribution in [2.24, 2.45) is 0 Å². The summed E-state index contributed by atoms with van der Waals surface area (Å²) in [6.45, 7) is 1.50. The van der Waals surface area contributed by atoms with Gasteiger partial charge in [0.05, 0.1) is 10.8 Å². The molecule has 16 heavy (non-hydrogen) atoms. The number of hydrogen-bond acceptors (Lipinski definition) is 2. The molecule has 0 fully saturated rings. The fourth-order valence-electron chi connectivity index (χ4n) is 1.16. The maximum absolute atomic E-state index is 13.1. The van der Waals surface area contributed by atoms with Gasteiger partial charge in [0.25, 0.3) is 0 Å². The van der Waals surface area contributed by atoms with Crippen LogP contribution >= 0.6 is 23.4 Å². The van der Waals surface area contributed by atoms with E-state index < -0.39 is 0 Å². The quantitative estimate of drug-likeness (QED) is 0.621. The van der Waals surface area contributed by atoms with Crippen molar-refractivity contribution in [3.05, 3.63) is 34.6 Å². The van der Waals surface area contributed by atoms with E-state index in [1.165, 1.54) is 6.07 Å². The van der Waals surface area contributed by atoms with Crippen LogP contribution in [-0.2, 0) is 6.54 Å². The van der Waals surface area contributed by atoms with E-state index in [0.717, 1.165) is 23.6 Å². The Morgan fingerprint density at radius 2 is 2.31 bits per heavy atom. The molecule has 0 aliphatic carbocycles. The van der Waals surface area contributed by atoms with Gasteiger partial charge in [-0.15, -0.1) is 18.2 Å². The second-order valence-electron chi connectivity index (χ2n) is 3.18. The maximum Gasteiger partial charge on any atom is 0.142 e. The van der Waals surface area contributed by atoms with E-state index in [4.69, 9.17) is 18.0 Å². The summed E-state index contributed by atoms with van der Waals surface area (Å²) in [7, 11) is 0. The van der Waals surface area contributed by atoms with Gasteiger partial charge in [0, 0.05) is 18.8 Å². The zero-order chi connectivity index (χ0) is 11.8. The summed E-state index contributed by atoms with van der Waals surface area (Å²) >= 11 is 7.28. The molecule has 0 aliphatic rings. The van der Waals surface area contributed by atoms with E-state index in [1.54, 1.807) is 17.8 Å². The van der Waals surface area contributed by atoms with Gasteiger partial charge in [-0.05, 0) is 17.7 Å². The molecule has 1 nitrogen and oxygen atoms in total. The van der Waals surface area contributed by atoms with Crippen LogP contribution in [0.25, 0.3) is 0 Å². The van der Waals surface area contributed by atoms with Crippen LogP contribution in [0.2, 0.25) is 5.02 Å². The third-order valence-corrected chi connectivity index (χ3v) is 3.09. The molecule has 0 aliphatic heterocycles. The second kappa shape index (κ2) is 7.56. The number of halogens is 2. The Morgan fingerprint density at radius 3 is 3.00 bits per heavy atom. The van der Waals surface area contributed by atoms with E-state index >= 15 is 0 Å². The average molecular weight is 258 g/mol. The highest BCUT2D eigenvalue weighted by molar-refractivity contribution is 7.99. The molecule has 0 bridgehead atoms. The van der Waals surface area contributed by atoms with Crippen LogP contribution in [0.3, 0.4) is 0 Å². The Bertz CT molecular complexity index is 376. The molecular weight excluding hydrogens is 245 g/mol. The molecule has 1 aromatic rings. The molecule has 0 amide bonds. The van der Waals surface area contributed by atoms with E-state index in [2.05, 4.69) is 11.2 Å². The summed E-state index contributed by atoms with van der Waals surface area (Å²) in [6, 6.07) is 4.83. The first-order valence-corrected chi connectivity index (χ1v) is 6.43. The fraction of sp³-hybridized carbons (Fsp3) is 0.333. The van der Waals surface area contributed by atoms with Gasteiger partial charge in [0.1, 0.15) is 5.82 Å². The van der Waals surface area contributed by atoms with Crippen molar-refractivity contribution in [1.29, 1.82) is 0 Å². The molecular formula is C12H13ClFNS. The van der Waals surface area contributed by atoms with Crippen molar-refractivity contribution in [2.45, 2.75) is 6.54 Å². The molecule has 1 aromatic carbocycles. The monoisotopic (exact) mass is 257 g/mol. The summed E-state index contributed by atoms with van der Waals surface area (Å²) in [5.74, 6) is 3.88. The summed E-state index contributed by atoms with van der Waals surface area (Å²) < 4.78 is 13.1. The molecule has 1 rings (SSSR count). The van der Waals surface area contributed by atoms with Crippen molar-refractivity contribution in [1.82, 2.24) is 5.32 Å². The van der Waals surface area contributed by atoms with Crippen LogP contribution in [0.4, 0.5) is 4.39 Å². The normalized spacial score (nSPS) is 10.1. The Morgan fingerprint density at radius 1 is 1.50 bits per heavy atom. The van der Waals surface area contributed by atoms with E-state index in [-0.39, 0.29) is 10.8 Å². The van der Waals surface area contributed by atoms with Gasteiger partial charge >= 0.3 is 0 Å². The van der Waals surface area contributed by atoms with E-state index in [0.29, 0.717) is 6.54 Å². The molecule has 0 radical (unpaired) electrons. The summed E-state index contributed by atoms with van der Waals surface area (Å²) in [6.07, 6.45) is 5.12. The van der Waals surface area contributed by atoms with Crippen molar-refractivity contribution in [3.63, 3.8) is 0 Å². The fourth-order valence-corrected chi connectivity index (χ4v) is 1.83. The lowest BCUT2D eigenvalue weighted by atomic mass is 10.2. The first-order chi connectivity index (χ1) is 7.74. The average Bonchev–Trinajstić information content (AvgIpc) is 2.28. The van der Waals surface area contributed by atoms with Gasteiger partial charge in [0.2, 0.25) is 0 Å². The van der Waals surface area contributed by atoms with Crippen LogP contribution in [-0.4, -0.2) is 18.1 Å². The highest BCUT2D eigenvalue weighted by Gasteiger charge is 2.00. The summed E-state index contributed by atoms with van der Waals surface area (Å²) in [5.41, 5.74) is 0.892. The molecule has 0 saturated heterocycles. The third kappa shape index (κ3) is 4.89. The Kier molecular flexibility index (Phi) is 6.32. The molecule has 0 atom stereocenters. The number of terminal acetylenes is 1. The Balaban J connectivity index is 2.22. The van der Waals surface area contributed by atoms with Crippen molar-refractivity contribution in [2.75, 3.05) is 18.1 Å². The zero-order valence-corrected chi connectivity index (χ0v) is 10.4. The molecule has 4 heteroatoms. The molecule has 0 unspecified atom stereocenters. The first-order valence-electron chi connectivity index (χ1n) is 4.90. The smallest absolute Gasteiger partial charge is 0.142 e. The van der Waals surface area contributed by atoms with Crippen LogP contribution in [0.1, 0.15) is 5.56 Å². The van der Waals surface area contributed by atoms with E-state index in [1.807, 2.05) is 6.07 Å². The van der Waals surface area contributed by atoms with E-state index in [9.17, 15) is 4.39 Å². The standard InChI is InChI=1S/C12H13ClFNS/c1-2-6-16-7-5-15-9-10-3-4-11(13)12(14)8-10/h1,3-4,8,15H,5-7,9H2. The second-order valence-corrected chi connectivity index (χ2v) is 4.69. The maximum atomic E-state index is 13.1. The molecule has 0 heterocycles. The van der Waals surface area contributed by atoms with Gasteiger partial charge < -0.3 is 5.32 Å². The minimum absolute atomic E-state index is 0.160. The topological polar surface area (TPSA) is 12.0 Å². The van der Waals surface area contributed by atoms with Crippen LogP contribution in [0, 0.1) is 18.2 Å². The predicted octanol–water partition coefficient (Wildman–Crippen LogP) is 2.94. The SMILES string of the molecule is C#CCSCCNCc1ccc(Cl)c(F)c1. The number of nitrogens with one attached hydrogen (secondary N) is 1. The Hall–Kier alpha value is -0.690. The molecule has 0 aromatic heterocycles. The van der Waals surface area contributed by atoms with Gasteiger partial charge in [-0.1, -0.05) is 23.6 Å². The summed E-state index contributed by atoms with van der Waals surface area (Å²) in [5, 5.41) is 3.37. The summed E-state index contributed by atoms with van der Waals surface area (Å²) in [4.78, 5) is 0. The van der Waals surface area contributed by atoms with Gasteiger partial charge in [0.15, 0.2) is 0 Å².